The van der Waals surface area contributed by atoms with Gasteiger partial charge in [-0.3, -0.25) is 4.79 Å². The normalized spacial score (nSPS) is 12.3. The number of hydrogen-bond donors (Lipinski definition) is 2. The van der Waals surface area contributed by atoms with Gasteiger partial charge >= 0.3 is 0 Å². The van der Waals surface area contributed by atoms with Crippen LogP contribution >= 0.6 is 11.6 Å². The molecule has 1 unspecified atom stereocenters. The Bertz CT molecular complexity index is 435. The summed E-state index contributed by atoms with van der Waals surface area (Å²) >= 11 is 5.99. The van der Waals surface area contributed by atoms with E-state index in [2.05, 4.69) is 10.6 Å². The summed E-state index contributed by atoms with van der Waals surface area (Å²) in [5.74, 6) is 0.540. The molecule has 1 rings (SSSR count). The maximum Gasteiger partial charge on any atom is 0.258 e. The third-order valence-electron chi connectivity index (χ3n) is 2.68. The van der Waals surface area contributed by atoms with E-state index in [0.29, 0.717) is 10.8 Å². The van der Waals surface area contributed by atoms with E-state index in [1.54, 1.807) is 12.1 Å². The molecule has 1 aromatic carbocycles. The highest BCUT2D eigenvalue weighted by molar-refractivity contribution is 6.30. The Kier molecular flexibility index (Phi) is 6.12. The fourth-order valence-corrected chi connectivity index (χ4v) is 1.83. The molecule has 2 N–H and O–H groups in total. The second kappa shape index (κ2) is 7.36. The molecule has 1 aromatic rings. The smallest absolute Gasteiger partial charge is 0.258 e. The zero-order valence-corrected chi connectivity index (χ0v) is 12.5. The summed E-state index contributed by atoms with van der Waals surface area (Å²) in [7, 11) is 1.86. The van der Waals surface area contributed by atoms with Crippen LogP contribution in [0, 0.1) is 0 Å². The number of amides is 1. The SMILES string of the molecule is CNC(C)c1cc(Cl)ccc1OCC(=O)NC(C)C. The lowest BCUT2D eigenvalue weighted by Crippen LogP contribution is -2.34. The molecule has 0 aromatic heterocycles. The Morgan fingerprint density at radius 2 is 2.05 bits per heavy atom. The first-order chi connectivity index (χ1) is 8.93. The van der Waals surface area contributed by atoms with Crippen LogP contribution in [-0.2, 0) is 4.79 Å². The first kappa shape index (κ1) is 15.8. The largest absolute Gasteiger partial charge is 0.483 e. The molecule has 1 amide bonds. The zero-order valence-electron chi connectivity index (χ0n) is 11.8. The average molecular weight is 285 g/mol. The van der Waals surface area contributed by atoms with E-state index < -0.39 is 0 Å². The number of halogens is 1. The van der Waals surface area contributed by atoms with Crippen LogP contribution in [0.4, 0.5) is 0 Å². The molecule has 19 heavy (non-hydrogen) atoms. The second-order valence-electron chi connectivity index (χ2n) is 4.70. The van der Waals surface area contributed by atoms with Crippen LogP contribution in [0.2, 0.25) is 5.02 Å². The van der Waals surface area contributed by atoms with Gasteiger partial charge in [0.1, 0.15) is 5.75 Å². The van der Waals surface area contributed by atoms with Crippen LogP contribution in [0.5, 0.6) is 5.75 Å². The highest BCUT2D eigenvalue weighted by Gasteiger charge is 2.12. The quantitative estimate of drug-likeness (QED) is 0.844. The van der Waals surface area contributed by atoms with Crippen LogP contribution in [0.25, 0.3) is 0 Å². The molecule has 4 nitrogen and oxygen atoms in total. The van der Waals surface area contributed by atoms with Gasteiger partial charge in [-0.15, -0.1) is 0 Å². The Balaban J connectivity index is 2.75. The molecule has 0 aliphatic rings. The first-order valence-corrected chi connectivity index (χ1v) is 6.70. The van der Waals surface area contributed by atoms with E-state index in [-0.39, 0.29) is 24.6 Å². The molecule has 0 saturated carbocycles. The average Bonchev–Trinajstić information content (AvgIpc) is 2.35. The molecule has 106 valence electrons. The van der Waals surface area contributed by atoms with Crippen molar-refractivity contribution in [1.82, 2.24) is 10.6 Å². The fourth-order valence-electron chi connectivity index (χ4n) is 1.65. The molecule has 0 saturated heterocycles. The van der Waals surface area contributed by atoms with Gasteiger partial charge in [-0.25, -0.2) is 0 Å². The summed E-state index contributed by atoms with van der Waals surface area (Å²) in [6.45, 7) is 5.83. The third-order valence-corrected chi connectivity index (χ3v) is 2.91. The molecule has 0 fully saturated rings. The minimum absolute atomic E-state index is 0.00322. The van der Waals surface area contributed by atoms with Crippen molar-refractivity contribution in [1.29, 1.82) is 0 Å². The van der Waals surface area contributed by atoms with Gasteiger partial charge < -0.3 is 15.4 Å². The van der Waals surface area contributed by atoms with Crippen LogP contribution in [0.15, 0.2) is 18.2 Å². The van der Waals surface area contributed by atoms with E-state index in [1.165, 1.54) is 0 Å². The highest BCUT2D eigenvalue weighted by Crippen LogP contribution is 2.28. The van der Waals surface area contributed by atoms with E-state index in [4.69, 9.17) is 16.3 Å². The second-order valence-corrected chi connectivity index (χ2v) is 5.14. The molecular formula is C14H21ClN2O2. The Morgan fingerprint density at radius 3 is 2.63 bits per heavy atom. The molecule has 0 radical (unpaired) electrons. The van der Waals surface area contributed by atoms with Crippen molar-refractivity contribution in [2.45, 2.75) is 32.9 Å². The number of ether oxygens (including phenoxy) is 1. The van der Waals surface area contributed by atoms with Gasteiger partial charge in [0.2, 0.25) is 0 Å². The topological polar surface area (TPSA) is 50.4 Å². The van der Waals surface area contributed by atoms with Crippen LogP contribution in [-0.4, -0.2) is 25.6 Å². The Labute approximate surface area is 119 Å². The van der Waals surface area contributed by atoms with Crippen LogP contribution in [0.1, 0.15) is 32.4 Å². The van der Waals surface area contributed by atoms with E-state index in [9.17, 15) is 4.79 Å². The van der Waals surface area contributed by atoms with Gasteiger partial charge in [0.25, 0.3) is 5.91 Å². The third kappa shape index (κ3) is 5.09. The lowest BCUT2D eigenvalue weighted by atomic mass is 10.1. The Morgan fingerprint density at radius 1 is 1.37 bits per heavy atom. The lowest BCUT2D eigenvalue weighted by Gasteiger charge is -2.17. The molecule has 5 heteroatoms. The number of benzene rings is 1. The monoisotopic (exact) mass is 284 g/mol. The number of rotatable bonds is 6. The van der Waals surface area contributed by atoms with Crippen molar-refractivity contribution in [3.63, 3.8) is 0 Å². The van der Waals surface area contributed by atoms with Gasteiger partial charge in [0.05, 0.1) is 0 Å². The van der Waals surface area contributed by atoms with E-state index >= 15 is 0 Å². The molecule has 1 atom stereocenters. The molecule has 0 bridgehead atoms. The maximum atomic E-state index is 11.6. The van der Waals surface area contributed by atoms with Crippen molar-refractivity contribution in [3.8, 4) is 5.75 Å². The summed E-state index contributed by atoms with van der Waals surface area (Å²) in [4.78, 5) is 11.6. The van der Waals surface area contributed by atoms with E-state index in [1.807, 2.05) is 33.9 Å². The van der Waals surface area contributed by atoms with Gasteiger partial charge in [0.15, 0.2) is 6.61 Å². The minimum Gasteiger partial charge on any atom is -0.483 e. The van der Waals surface area contributed by atoms with Gasteiger partial charge in [0, 0.05) is 22.7 Å². The van der Waals surface area contributed by atoms with Crippen molar-refractivity contribution in [2.75, 3.05) is 13.7 Å². The summed E-state index contributed by atoms with van der Waals surface area (Å²) in [5.41, 5.74) is 0.937. The predicted molar refractivity (Wildman–Crippen MR) is 77.7 cm³/mol. The van der Waals surface area contributed by atoms with Crippen molar-refractivity contribution in [2.24, 2.45) is 0 Å². The van der Waals surface area contributed by atoms with Crippen LogP contribution < -0.4 is 15.4 Å². The molecule has 0 aliphatic heterocycles. The Hall–Kier alpha value is -1.26. The molecular weight excluding hydrogens is 264 g/mol. The van der Waals surface area contributed by atoms with Crippen molar-refractivity contribution >= 4 is 17.5 Å². The molecule has 0 spiro atoms. The summed E-state index contributed by atoms with van der Waals surface area (Å²) in [6, 6.07) is 5.59. The van der Waals surface area contributed by atoms with Gasteiger partial charge in [-0.2, -0.15) is 0 Å². The van der Waals surface area contributed by atoms with Crippen molar-refractivity contribution < 1.29 is 9.53 Å². The summed E-state index contributed by atoms with van der Waals surface area (Å²) in [6.07, 6.45) is 0. The van der Waals surface area contributed by atoms with Crippen molar-refractivity contribution in [3.05, 3.63) is 28.8 Å². The summed E-state index contributed by atoms with van der Waals surface area (Å²) < 4.78 is 5.57. The lowest BCUT2D eigenvalue weighted by molar-refractivity contribution is -0.123. The zero-order chi connectivity index (χ0) is 14.4. The minimum atomic E-state index is -0.131. The number of carbonyl (C=O) groups excluding carboxylic acids is 1. The first-order valence-electron chi connectivity index (χ1n) is 6.33. The highest BCUT2D eigenvalue weighted by atomic mass is 35.5. The number of carbonyl (C=O) groups is 1. The number of hydrogen-bond acceptors (Lipinski definition) is 3. The number of nitrogens with one attached hydrogen (secondary N) is 2. The maximum absolute atomic E-state index is 11.6. The van der Waals surface area contributed by atoms with Gasteiger partial charge in [-0.05, 0) is 46.0 Å². The summed E-state index contributed by atoms with van der Waals surface area (Å²) in [5, 5.41) is 6.56. The fraction of sp³-hybridized carbons (Fsp3) is 0.500. The molecule has 0 heterocycles. The van der Waals surface area contributed by atoms with Crippen LogP contribution in [0.3, 0.4) is 0 Å². The van der Waals surface area contributed by atoms with E-state index in [0.717, 1.165) is 5.56 Å². The standard InChI is InChI=1S/C14H21ClN2O2/c1-9(2)17-14(18)8-19-13-6-5-11(15)7-12(13)10(3)16-4/h5-7,9-10,16H,8H2,1-4H3,(H,17,18). The molecule has 0 aliphatic carbocycles. The predicted octanol–water partition coefficient (Wildman–Crippen LogP) is 2.52. The van der Waals surface area contributed by atoms with Gasteiger partial charge in [-0.1, -0.05) is 11.6 Å².